The number of rotatable bonds is 3. The highest BCUT2D eigenvalue weighted by Gasteiger charge is 2.27. The zero-order valence-electron chi connectivity index (χ0n) is 9.62. The van der Waals surface area contributed by atoms with Gasteiger partial charge in [0, 0.05) is 11.0 Å². The molecule has 2 N–H and O–H groups in total. The molecule has 0 aliphatic carbocycles. The van der Waals surface area contributed by atoms with Crippen molar-refractivity contribution in [3.05, 3.63) is 28.5 Å². The van der Waals surface area contributed by atoms with E-state index in [-0.39, 0.29) is 5.69 Å². The maximum atomic E-state index is 13.5. The number of anilines is 1. The summed E-state index contributed by atoms with van der Waals surface area (Å²) in [4.78, 5) is 0. The molecule has 1 atom stereocenters. The van der Waals surface area contributed by atoms with Crippen LogP contribution in [0.1, 0.15) is 12.8 Å². The van der Waals surface area contributed by atoms with Crippen LogP contribution in [0.5, 0.6) is 0 Å². The molecular formula is C11H14BrFN2O2S. The zero-order chi connectivity index (χ0) is 13.2. The Morgan fingerprint density at radius 1 is 1.44 bits per heavy atom. The summed E-state index contributed by atoms with van der Waals surface area (Å²) >= 11 is 3.19. The Labute approximate surface area is 114 Å². The highest BCUT2D eigenvalue weighted by Crippen LogP contribution is 2.23. The normalized spacial score (nSPS) is 20.7. The molecule has 7 heteroatoms. The van der Waals surface area contributed by atoms with Crippen molar-refractivity contribution in [3.8, 4) is 0 Å². The third-order valence-electron chi connectivity index (χ3n) is 2.87. The van der Waals surface area contributed by atoms with Crippen molar-refractivity contribution < 1.29 is 12.8 Å². The molecule has 1 unspecified atom stereocenters. The number of piperidine rings is 1. The van der Waals surface area contributed by atoms with Gasteiger partial charge in [-0.15, -0.1) is 0 Å². The Balaban J connectivity index is 2.18. The number of benzene rings is 1. The van der Waals surface area contributed by atoms with Gasteiger partial charge in [-0.2, -0.15) is 0 Å². The van der Waals surface area contributed by atoms with Gasteiger partial charge in [0.2, 0.25) is 10.0 Å². The van der Waals surface area contributed by atoms with Crippen LogP contribution in [0, 0.1) is 5.82 Å². The van der Waals surface area contributed by atoms with Crippen LogP contribution in [0.2, 0.25) is 0 Å². The Kier molecular flexibility index (Phi) is 4.24. The van der Waals surface area contributed by atoms with Crippen molar-refractivity contribution in [2.24, 2.45) is 0 Å². The van der Waals surface area contributed by atoms with Crippen molar-refractivity contribution in [2.45, 2.75) is 18.1 Å². The van der Waals surface area contributed by atoms with E-state index in [1.807, 2.05) is 0 Å². The molecule has 0 aromatic heterocycles. The molecule has 1 aliphatic heterocycles. The number of nitrogens with one attached hydrogen (secondary N) is 2. The third-order valence-corrected chi connectivity index (χ3v) is 5.15. The van der Waals surface area contributed by atoms with E-state index in [2.05, 4.69) is 26.0 Å². The lowest BCUT2D eigenvalue weighted by molar-refractivity contribution is 0.499. The monoisotopic (exact) mass is 336 g/mol. The summed E-state index contributed by atoms with van der Waals surface area (Å²) in [6, 6.07) is 4.17. The van der Waals surface area contributed by atoms with E-state index >= 15 is 0 Å². The predicted octanol–water partition coefficient (Wildman–Crippen LogP) is 2.08. The molecule has 0 spiro atoms. The van der Waals surface area contributed by atoms with Crippen LogP contribution < -0.4 is 10.0 Å². The van der Waals surface area contributed by atoms with Crippen molar-refractivity contribution in [3.63, 3.8) is 0 Å². The van der Waals surface area contributed by atoms with E-state index in [1.54, 1.807) is 0 Å². The van der Waals surface area contributed by atoms with E-state index < -0.39 is 21.1 Å². The van der Waals surface area contributed by atoms with Crippen LogP contribution in [-0.2, 0) is 10.0 Å². The number of hydrogen-bond acceptors (Lipinski definition) is 3. The summed E-state index contributed by atoms with van der Waals surface area (Å²) in [6.45, 7) is 1.24. The second kappa shape index (κ2) is 5.54. The predicted molar refractivity (Wildman–Crippen MR) is 72.5 cm³/mol. The van der Waals surface area contributed by atoms with Gasteiger partial charge in [-0.05, 0) is 37.6 Å². The molecular weight excluding hydrogens is 323 g/mol. The molecule has 1 aromatic rings. The fourth-order valence-corrected chi connectivity index (χ4v) is 3.70. The minimum absolute atomic E-state index is 0.0186. The van der Waals surface area contributed by atoms with Gasteiger partial charge < -0.3 is 5.32 Å². The molecule has 0 saturated carbocycles. The van der Waals surface area contributed by atoms with E-state index in [0.717, 1.165) is 13.0 Å². The Hall–Kier alpha value is -0.660. The van der Waals surface area contributed by atoms with Crippen molar-refractivity contribution >= 4 is 31.6 Å². The lowest BCUT2D eigenvalue weighted by Gasteiger charge is -2.23. The lowest BCUT2D eigenvalue weighted by Crippen LogP contribution is -2.41. The standard InChI is InChI=1S/C11H14BrFN2O2S/c12-8-3-4-10(13)11(6-8)15-18(16,17)9-2-1-5-14-7-9/h3-4,6,9,14-15H,1-2,5,7H2. The maximum absolute atomic E-state index is 13.5. The average molecular weight is 337 g/mol. The second-order valence-electron chi connectivity index (χ2n) is 4.24. The maximum Gasteiger partial charge on any atom is 0.236 e. The van der Waals surface area contributed by atoms with Crippen LogP contribution in [-0.4, -0.2) is 26.8 Å². The van der Waals surface area contributed by atoms with E-state index in [9.17, 15) is 12.8 Å². The van der Waals surface area contributed by atoms with Gasteiger partial charge >= 0.3 is 0 Å². The molecule has 1 saturated heterocycles. The van der Waals surface area contributed by atoms with E-state index in [0.29, 0.717) is 17.4 Å². The molecule has 100 valence electrons. The summed E-state index contributed by atoms with van der Waals surface area (Å²) in [5.74, 6) is -0.578. The van der Waals surface area contributed by atoms with Gasteiger partial charge in [-0.25, -0.2) is 12.8 Å². The Morgan fingerprint density at radius 3 is 2.89 bits per heavy atom. The topological polar surface area (TPSA) is 58.2 Å². The van der Waals surface area contributed by atoms with E-state index in [1.165, 1.54) is 18.2 Å². The molecule has 1 fully saturated rings. The van der Waals surface area contributed by atoms with Gasteiger partial charge in [0.05, 0.1) is 10.9 Å². The molecule has 1 aromatic carbocycles. The van der Waals surface area contributed by atoms with Crippen molar-refractivity contribution in [1.82, 2.24) is 5.32 Å². The van der Waals surface area contributed by atoms with Gasteiger partial charge in [0.25, 0.3) is 0 Å². The average Bonchev–Trinajstić information content (AvgIpc) is 2.35. The van der Waals surface area contributed by atoms with Gasteiger partial charge in [-0.3, -0.25) is 4.72 Å². The fraction of sp³-hybridized carbons (Fsp3) is 0.455. The highest BCUT2D eigenvalue weighted by molar-refractivity contribution is 9.10. The Morgan fingerprint density at radius 2 is 2.22 bits per heavy atom. The summed E-state index contributed by atoms with van der Waals surface area (Å²) in [7, 11) is -3.55. The van der Waals surface area contributed by atoms with Crippen LogP contribution in [0.4, 0.5) is 10.1 Å². The quantitative estimate of drug-likeness (QED) is 0.888. The zero-order valence-corrected chi connectivity index (χ0v) is 12.0. The smallest absolute Gasteiger partial charge is 0.236 e. The summed E-state index contributed by atoms with van der Waals surface area (Å²) in [5, 5.41) is 2.52. The van der Waals surface area contributed by atoms with Gasteiger partial charge in [0.1, 0.15) is 5.82 Å². The molecule has 0 radical (unpaired) electrons. The summed E-state index contributed by atoms with van der Waals surface area (Å²) < 4.78 is 40.6. The molecule has 1 aliphatic rings. The highest BCUT2D eigenvalue weighted by atomic mass is 79.9. The third kappa shape index (κ3) is 3.21. The second-order valence-corrected chi connectivity index (χ2v) is 7.12. The molecule has 0 amide bonds. The molecule has 18 heavy (non-hydrogen) atoms. The van der Waals surface area contributed by atoms with Crippen LogP contribution in [0.15, 0.2) is 22.7 Å². The SMILES string of the molecule is O=S(=O)(Nc1cc(Br)ccc1F)C1CCCNC1. The first-order chi connectivity index (χ1) is 8.49. The fourth-order valence-electron chi connectivity index (χ4n) is 1.90. The van der Waals surface area contributed by atoms with Gasteiger partial charge in [0.15, 0.2) is 0 Å². The number of sulfonamides is 1. The first kappa shape index (κ1) is 13.8. The lowest BCUT2D eigenvalue weighted by atomic mass is 10.2. The summed E-state index contributed by atoms with van der Waals surface area (Å²) in [6.07, 6.45) is 1.41. The Bertz CT molecular complexity index is 530. The van der Waals surface area contributed by atoms with Gasteiger partial charge in [-0.1, -0.05) is 15.9 Å². The number of hydrogen-bond donors (Lipinski definition) is 2. The van der Waals surface area contributed by atoms with Crippen LogP contribution >= 0.6 is 15.9 Å². The first-order valence-electron chi connectivity index (χ1n) is 5.66. The number of halogens is 2. The largest absolute Gasteiger partial charge is 0.315 e. The van der Waals surface area contributed by atoms with Crippen molar-refractivity contribution in [2.75, 3.05) is 17.8 Å². The molecule has 1 heterocycles. The van der Waals surface area contributed by atoms with Crippen molar-refractivity contribution in [1.29, 1.82) is 0 Å². The molecule has 2 rings (SSSR count). The first-order valence-corrected chi connectivity index (χ1v) is 8.00. The molecule has 4 nitrogen and oxygen atoms in total. The molecule has 0 bridgehead atoms. The summed E-state index contributed by atoms with van der Waals surface area (Å²) in [5.41, 5.74) is -0.0186. The van der Waals surface area contributed by atoms with E-state index in [4.69, 9.17) is 0 Å². The minimum atomic E-state index is -3.55. The minimum Gasteiger partial charge on any atom is -0.315 e. The van der Waals surface area contributed by atoms with Crippen LogP contribution in [0.25, 0.3) is 0 Å². The van der Waals surface area contributed by atoms with Crippen LogP contribution in [0.3, 0.4) is 0 Å².